The lowest BCUT2D eigenvalue weighted by Crippen LogP contribution is -2.36. The maximum absolute atomic E-state index is 11.9. The number of benzene rings is 1. The van der Waals surface area contributed by atoms with Gasteiger partial charge in [-0.25, -0.2) is 4.79 Å². The highest BCUT2D eigenvalue weighted by molar-refractivity contribution is 5.90. The first-order valence-electron chi connectivity index (χ1n) is 6.27. The Labute approximate surface area is 112 Å². The molecule has 0 unspecified atom stereocenters. The van der Waals surface area contributed by atoms with Gasteiger partial charge in [-0.3, -0.25) is 5.32 Å². The lowest BCUT2D eigenvalue weighted by Gasteiger charge is -2.21. The Hall–Kier alpha value is -2.48. The molecule has 98 valence electrons. The number of nitriles is 1. The Balaban J connectivity index is 1.96. The van der Waals surface area contributed by atoms with E-state index >= 15 is 0 Å². The number of carbonyl (C=O) groups is 1. The Morgan fingerprint density at radius 1 is 1.26 bits per heavy atom. The minimum atomic E-state index is -0.334. The molecule has 19 heavy (non-hydrogen) atoms. The SMILES string of the molecule is N#C/C=C(/NC(=O)Nc1ccccc1)N1CCCC1. The molecule has 1 saturated heterocycles. The molecule has 0 saturated carbocycles. The van der Waals surface area contributed by atoms with Crippen LogP contribution in [0.2, 0.25) is 0 Å². The van der Waals surface area contributed by atoms with Gasteiger partial charge in [-0.15, -0.1) is 0 Å². The molecule has 2 rings (SSSR count). The van der Waals surface area contributed by atoms with E-state index in [1.807, 2.05) is 41.3 Å². The fourth-order valence-electron chi connectivity index (χ4n) is 2.03. The van der Waals surface area contributed by atoms with Crippen LogP contribution in [0, 0.1) is 11.3 Å². The highest BCUT2D eigenvalue weighted by Gasteiger charge is 2.16. The molecule has 1 aliphatic heterocycles. The zero-order valence-electron chi connectivity index (χ0n) is 10.6. The standard InChI is InChI=1S/C14H16N4O/c15-9-8-13(18-10-4-5-11-18)17-14(19)16-12-6-2-1-3-7-12/h1-3,6-8H,4-5,10-11H2,(H2,16,17,19)/b13-8-. The van der Waals surface area contributed by atoms with Gasteiger partial charge in [0.1, 0.15) is 5.82 Å². The Morgan fingerprint density at radius 2 is 1.95 bits per heavy atom. The van der Waals surface area contributed by atoms with Gasteiger partial charge in [-0.1, -0.05) is 18.2 Å². The van der Waals surface area contributed by atoms with Gasteiger partial charge in [0.15, 0.2) is 0 Å². The molecule has 1 aromatic carbocycles. The van der Waals surface area contributed by atoms with Crippen molar-refractivity contribution in [3.63, 3.8) is 0 Å². The Bertz CT molecular complexity index is 498. The summed E-state index contributed by atoms with van der Waals surface area (Å²) in [6, 6.07) is 10.8. The molecule has 1 aliphatic rings. The number of likely N-dealkylation sites (tertiary alicyclic amines) is 1. The summed E-state index contributed by atoms with van der Waals surface area (Å²) >= 11 is 0. The third-order valence-electron chi connectivity index (χ3n) is 2.92. The number of nitrogens with zero attached hydrogens (tertiary/aromatic N) is 2. The summed E-state index contributed by atoms with van der Waals surface area (Å²) in [5, 5.41) is 14.2. The highest BCUT2D eigenvalue weighted by atomic mass is 16.2. The van der Waals surface area contributed by atoms with Crippen molar-refractivity contribution in [2.45, 2.75) is 12.8 Å². The molecule has 1 aromatic rings. The van der Waals surface area contributed by atoms with Gasteiger partial charge in [0.25, 0.3) is 0 Å². The minimum Gasteiger partial charge on any atom is -0.357 e. The van der Waals surface area contributed by atoms with Gasteiger partial charge in [0.05, 0.1) is 12.1 Å². The second kappa shape index (κ2) is 6.45. The summed E-state index contributed by atoms with van der Waals surface area (Å²) < 4.78 is 0. The third-order valence-corrected chi connectivity index (χ3v) is 2.92. The molecule has 5 nitrogen and oxygen atoms in total. The maximum atomic E-state index is 11.9. The minimum absolute atomic E-state index is 0.334. The lowest BCUT2D eigenvalue weighted by atomic mass is 10.3. The Morgan fingerprint density at radius 3 is 2.58 bits per heavy atom. The molecule has 1 fully saturated rings. The van der Waals surface area contributed by atoms with Crippen LogP contribution in [0.1, 0.15) is 12.8 Å². The second-order valence-electron chi connectivity index (χ2n) is 4.30. The molecule has 1 heterocycles. The number of nitrogens with one attached hydrogen (secondary N) is 2. The van der Waals surface area contributed by atoms with Crippen LogP contribution in [0.5, 0.6) is 0 Å². The van der Waals surface area contributed by atoms with E-state index in [9.17, 15) is 4.79 Å². The van der Waals surface area contributed by atoms with E-state index in [2.05, 4.69) is 10.6 Å². The van der Waals surface area contributed by atoms with E-state index < -0.39 is 0 Å². The number of rotatable bonds is 3. The first kappa shape index (κ1) is 13.0. The smallest absolute Gasteiger partial charge is 0.324 e. The zero-order valence-corrected chi connectivity index (χ0v) is 10.6. The van der Waals surface area contributed by atoms with Crippen molar-refractivity contribution in [2.75, 3.05) is 18.4 Å². The topological polar surface area (TPSA) is 68.2 Å². The maximum Gasteiger partial charge on any atom is 0.324 e. The second-order valence-corrected chi connectivity index (χ2v) is 4.30. The molecular formula is C14H16N4O. The zero-order chi connectivity index (χ0) is 13.5. The molecular weight excluding hydrogens is 240 g/mol. The van der Waals surface area contributed by atoms with E-state index in [0.717, 1.165) is 31.6 Å². The van der Waals surface area contributed by atoms with Crippen LogP contribution in [-0.2, 0) is 0 Å². The van der Waals surface area contributed by atoms with Crippen LogP contribution < -0.4 is 10.6 Å². The summed E-state index contributed by atoms with van der Waals surface area (Å²) in [6.07, 6.45) is 3.55. The van der Waals surface area contributed by atoms with Crippen LogP contribution in [-0.4, -0.2) is 24.0 Å². The van der Waals surface area contributed by atoms with Crippen molar-refractivity contribution < 1.29 is 4.79 Å². The predicted octanol–water partition coefficient (Wildman–Crippen LogP) is 2.27. The van der Waals surface area contributed by atoms with Crippen molar-refractivity contribution >= 4 is 11.7 Å². The van der Waals surface area contributed by atoms with E-state index in [4.69, 9.17) is 5.26 Å². The molecule has 0 aliphatic carbocycles. The van der Waals surface area contributed by atoms with Crippen LogP contribution >= 0.6 is 0 Å². The average molecular weight is 256 g/mol. The van der Waals surface area contributed by atoms with Gasteiger partial charge in [0, 0.05) is 18.8 Å². The van der Waals surface area contributed by atoms with Crippen molar-refractivity contribution in [1.82, 2.24) is 10.2 Å². The van der Waals surface area contributed by atoms with E-state index in [0.29, 0.717) is 5.82 Å². The molecule has 0 aromatic heterocycles. The van der Waals surface area contributed by atoms with Gasteiger partial charge in [-0.2, -0.15) is 5.26 Å². The largest absolute Gasteiger partial charge is 0.357 e. The summed E-state index contributed by atoms with van der Waals surface area (Å²) in [4.78, 5) is 13.9. The molecule has 2 N–H and O–H groups in total. The van der Waals surface area contributed by atoms with Crippen LogP contribution in [0.3, 0.4) is 0 Å². The van der Waals surface area contributed by atoms with Crippen molar-refractivity contribution in [3.05, 3.63) is 42.2 Å². The fraction of sp³-hybridized carbons (Fsp3) is 0.286. The van der Waals surface area contributed by atoms with Crippen LogP contribution in [0.4, 0.5) is 10.5 Å². The number of hydrogen-bond acceptors (Lipinski definition) is 3. The highest BCUT2D eigenvalue weighted by Crippen LogP contribution is 2.13. The molecule has 0 atom stereocenters. The number of carbonyl (C=O) groups excluding carboxylic acids is 1. The van der Waals surface area contributed by atoms with Crippen molar-refractivity contribution in [1.29, 1.82) is 5.26 Å². The van der Waals surface area contributed by atoms with Gasteiger partial charge < -0.3 is 10.2 Å². The average Bonchev–Trinajstić information content (AvgIpc) is 2.93. The number of hydrogen-bond donors (Lipinski definition) is 2. The normalized spacial score (nSPS) is 14.9. The van der Waals surface area contributed by atoms with Crippen molar-refractivity contribution in [2.24, 2.45) is 0 Å². The van der Waals surface area contributed by atoms with E-state index in [1.165, 1.54) is 6.08 Å². The first-order chi connectivity index (χ1) is 9.29. The molecule has 2 amide bonds. The third kappa shape index (κ3) is 3.75. The molecule has 0 spiro atoms. The number of para-hydroxylation sites is 1. The fourth-order valence-corrected chi connectivity index (χ4v) is 2.03. The number of allylic oxidation sites excluding steroid dienone is 1. The van der Waals surface area contributed by atoms with Crippen LogP contribution in [0.25, 0.3) is 0 Å². The predicted molar refractivity (Wildman–Crippen MR) is 73.1 cm³/mol. The van der Waals surface area contributed by atoms with Crippen LogP contribution in [0.15, 0.2) is 42.2 Å². The quantitative estimate of drug-likeness (QED) is 0.815. The number of urea groups is 1. The Kier molecular flexibility index (Phi) is 4.40. The monoisotopic (exact) mass is 256 g/mol. The molecule has 5 heteroatoms. The lowest BCUT2D eigenvalue weighted by molar-refractivity contribution is 0.250. The molecule has 0 radical (unpaired) electrons. The summed E-state index contributed by atoms with van der Waals surface area (Å²) in [7, 11) is 0. The molecule has 0 bridgehead atoms. The first-order valence-corrected chi connectivity index (χ1v) is 6.27. The summed E-state index contributed by atoms with van der Waals surface area (Å²) in [5.74, 6) is 0.563. The van der Waals surface area contributed by atoms with Crippen molar-refractivity contribution in [3.8, 4) is 6.07 Å². The van der Waals surface area contributed by atoms with E-state index in [1.54, 1.807) is 0 Å². The van der Waals surface area contributed by atoms with Gasteiger partial charge in [0.2, 0.25) is 0 Å². The number of anilines is 1. The van der Waals surface area contributed by atoms with E-state index in [-0.39, 0.29) is 6.03 Å². The number of amides is 2. The summed E-state index contributed by atoms with van der Waals surface area (Å²) in [5.41, 5.74) is 0.720. The summed E-state index contributed by atoms with van der Waals surface area (Å²) in [6.45, 7) is 1.75. The van der Waals surface area contributed by atoms with Gasteiger partial charge >= 0.3 is 6.03 Å². The van der Waals surface area contributed by atoms with Gasteiger partial charge in [-0.05, 0) is 25.0 Å².